The Morgan fingerprint density at radius 2 is 1.70 bits per heavy atom. The van der Waals surface area contributed by atoms with Crippen LogP contribution >= 0.6 is 11.6 Å². The first-order valence-corrected chi connectivity index (χ1v) is 13.1. The first kappa shape index (κ1) is 27.9. The molecule has 0 spiro atoms. The minimum Gasteiger partial charge on any atom is -0.497 e. The lowest BCUT2D eigenvalue weighted by Gasteiger charge is -2.31. The highest BCUT2D eigenvalue weighted by molar-refractivity contribution is 7.92. The Balaban J connectivity index is 2.02. The topological polar surface area (TPSA) is 96.0 Å². The first-order chi connectivity index (χ1) is 17.6. The van der Waals surface area contributed by atoms with Gasteiger partial charge in [0.05, 0.1) is 17.7 Å². The van der Waals surface area contributed by atoms with E-state index in [4.69, 9.17) is 16.3 Å². The maximum Gasteiger partial charge on any atom is 0.264 e. The Morgan fingerprint density at radius 3 is 2.27 bits per heavy atom. The van der Waals surface area contributed by atoms with Gasteiger partial charge in [0.1, 0.15) is 24.2 Å². The van der Waals surface area contributed by atoms with Crippen LogP contribution in [0.25, 0.3) is 0 Å². The summed E-state index contributed by atoms with van der Waals surface area (Å²) in [6.45, 7) is 0.874. The van der Waals surface area contributed by atoms with Gasteiger partial charge in [0.15, 0.2) is 0 Å². The van der Waals surface area contributed by atoms with Crippen molar-refractivity contribution < 1.29 is 27.1 Å². The molecule has 1 atom stereocenters. The number of ether oxygens (including phenoxy) is 1. The molecule has 8 nitrogen and oxygen atoms in total. The van der Waals surface area contributed by atoms with E-state index in [0.29, 0.717) is 11.3 Å². The minimum atomic E-state index is -4.23. The van der Waals surface area contributed by atoms with E-state index in [9.17, 15) is 22.4 Å². The molecule has 0 heterocycles. The van der Waals surface area contributed by atoms with Gasteiger partial charge in [0, 0.05) is 18.6 Å². The van der Waals surface area contributed by atoms with E-state index >= 15 is 0 Å². The van der Waals surface area contributed by atoms with Gasteiger partial charge in [-0.1, -0.05) is 29.8 Å². The molecule has 0 unspecified atom stereocenters. The van der Waals surface area contributed by atoms with Crippen molar-refractivity contribution >= 4 is 39.1 Å². The maximum absolute atomic E-state index is 13.7. The molecule has 0 bridgehead atoms. The van der Waals surface area contributed by atoms with Crippen molar-refractivity contribution in [2.45, 2.75) is 24.4 Å². The highest BCUT2D eigenvalue weighted by Gasteiger charge is 2.32. The first-order valence-electron chi connectivity index (χ1n) is 11.2. The number of anilines is 1. The summed E-state index contributed by atoms with van der Waals surface area (Å²) in [7, 11) is -1.33. The molecule has 3 aromatic carbocycles. The average Bonchev–Trinajstić information content (AvgIpc) is 2.90. The van der Waals surface area contributed by atoms with E-state index in [-0.39, 0.29) is 22.2 Å². The normalized spacial score (nSPS) is 11.9. The molecule has 196 valence electrons. The number of nitrogens with one attached hydrogen (secondary N) is 1. The SMILES string of the molecule is CNC(=O)[C@H](C)N(Cc1ccc(F)cc1)C(=O)CN(c1cccc(Cl)c1)S(=O)(=O)c1ccc(OC)cc1. The molecule has 1 N–H and O–H groups in total. The lowest BCUT2D eigenvalue weighted by molar-refractivity contribution is -0.139. The number of sulfonamides is 1. The van der Waals surface area contributed by atoms with Crippen LogP contribution < -0.4 is 14.4 Å². The van der Waals surface area contributed by atoms with Crippen LogP contribution in [0.5, 0.6) is 5.75 Å². The number of amides is 2. The van der Waals surface area contributed by atoms with Crippen LogP contribution in [0.4, 0.5) is 10.1 Å². The maximum atomic E-state index is 13.7. The molecule has 0 radical (unpaired) electrons. The fourth-order valence-corrected chi connectivity index (χ4v) is 5.20. The second-order valence-corrected chi connectivity index (χ2v) is 10.4. The van der Waals surface area contributed by atoms with Crippen molar-refractivity contribution in [3.05, 3.63) is 89.2 Å². The number of benzene rings is 3. The van der Waals surface area contributed by atoms with Gasteiger partial charge in [-0.25, -0.2) is 12.8 Å². The summed E-state index contributed by atoms with van der Waals surface area (Å²) in [5.74, 6) is -1.06. The summed E-state index contributed by atoms with van der Waals surface area (Å²) in [6, 6.07) is 16.4. The van der Waals surface area contributed by atoms with Gasteiger partial charge in [-0.15, -0.1) is 0 Å². The van der Waals surface area contributed by atoms with Gasteiger partial charge in [0.25, 0.3) is 10.0 Å². The van der Waals surface area contributed by atoms with Crippen molar-refractivity contribution in [2.75, 3.05) is 25.0 Å². The highest BCUT2D eigenvalue weighted by Crippen LogP contribution is 2.27. The minimum absolute atomic E-state index is 0.0420. The number of nitrogens with zero attached hydrogens (tertiary/aromatic N) is 2. The number of likely N-dealkylation sites (N-methyl/N-ethyl adjacent to an activating group) is 1. The van der Waals surface area contributed by atoms with Crippen LogP contribution in [0.3, 0.4) is 0 Å². The Hall–Kier alpha value is -3.63. The summed E-state index contributed by atoms with van der Waals surface area (Å²) in [5, 5.41) is 2.78. The fourth-order valence-electron chi connectivity index (χ4n) is 3.61. The molecular weight excluding hydrogens is 521 g/mol. The Kier molecular flexibility index (Phi) is 9.12. The zero-order valence-electron chi connectivity index (χ0n) is 20.5. The largest absolute Gasteiger partial charge is 0.497 e. The monoisotopic (exact) mass is 547 g/mol. The molecule has 0 aliphatic carbocycles. The summed E-state index contributed by atoms with van der Waals surface area (Å²) in [6.07, 6.45) is 0. The zero-order valence-corrected chi connectivity index (χ0v) is 22.1. The number of carbonyl (C=O) groups is 2. The van der Waals surface area contributed by atoms with Gasteiger partial charge in [-0.2, -0.15) is 0 Å². The van der Waals surface area contributed by atoms with Crippen LogP contribution in [-0.2, 0) is 26.2 Å². The average molecular weight is 548 g/mol. The molecule has 0 fully saturated rings. The van der Waals surface area contributed by atoms with E-state index in [1.165, 1.54) is 86.6 Å². The molecular formula is C26H27ClFN3O5S. The van der Waals surface area contributed by atoms with Crippen molar-refractivity contribution in [2.24, 2.45) is 0 Å². The predicted octanol–water partition coefficient (Wildman–Crippen LogP) is 3.85. The molecule has 0 aromatic heterocycles. The summed E-state index contributed by atoms with van der Waals surface area (Å²) >= 11 is 6.14. The number of rotatable bonds is 10. The van der Waals surface area contributed by atoms with Gasteiger partial charge in [0.2, 0.25) is 11.8 Å². The molecule has 0 aliphatic heterocycles. The smallest absolute Gasteiger partial charge is 0.264 e. The molecule has 3 rings (SSSR count). The van der Waals surface area contributed by atoms with Crippen molar-refractivity contribution in [3.8, 4) is 5.75 Å². The standard InChI is InChI=1S/C26H27ClFN3O5S/c1-18(26(33)29-2)30(16-19-7-9-21(28)10-8-19)25(32)17-31(22-6-4-5-20(27)15-22)37(34,35)24-13-11-23(36-3)12-14-24/h4-15,18H,16-17H2,1-3H3,(H,29,33)/t18-/m0/s1. The predicted molar refractivity (Wildman–Crippen MR) is 139 cm³/mol. The Bertz CT molecular complexity index is 1350. The van der Waals surface area contributed by atoms with Crippen LogP contribution in [0, 0.1) is 5.82 Å². The zero-order chi connectivity index (χ0) is 27.2. The number of hydrogen-bond donors (Lipinski definition) is 1. The summed E-state index contributed by atoms with van der Waals surface area (Å²) in [5.41, 5.74) is 0.740. The Morgan fingerprint density at radius 1 is 1.05 bits per heavy atom. The number of methoxy groups -OCH3 is 1. The lowest BCUT2D eigenvalue weighted by atomic mass is 10.1. The van der Waals surface area contributed by atoms with E-state index in [0.717, 1.165) is 4.31 Å². The van der Waals surface area contributed by atoms with E-state index in [1.54, 1.807) is 12.1 Å². The van der Waals surface area contributed by atoms with Crippen LogP contribution in [0.1, 0.15) is 12.5 Å². The fraction of sp³-hybridized carbons (Fsp3) is 0.231. The number of carbonyl (C=O) groups excluding carboxylic acids is 2. The van der Waals surface area contributed by atoms with Gasteiger partial charge in [-0.3, -0.25) is 13.9 Å². The van der Waals surface area contributed by atoms with Crippen LogP contribution in [0.2, 0.25) is 5.02 Å². The van der Waals surface area contributed by atoms with Gasteiger partial charge >= 0.3 is 0 Å². The lowest BCUT2D eigenvalue weighted by Crippen LogP contribution is -2.50. The number of hydrogen-bond acceptors (Lipinski definition) is 5. The van der Waals surface area contributed by atoms with Gasteiger partial charge < -0.3 is 15.0 Å². The second-order valence-electron chi connectivity index (χ2n) is 8.11. The van der Waals surface area contributed by atoms with E-state index < -0.39 is 40.2 Å². The summed E-state index contributed by atoms with van der Waals surface area (Å²) < 4.78 is 46.9. The molecule has 11 heteroatoms. The Labute approximate surface area is 220 Å². The molecule has 37 heavy (non-hydrogen) atoms. The molecule has 3 aromatic rings. The van der Waals surface area contributed by atoms with E-state index in [2.05, 4.69) is 5.32 Å². The molecule has 2 amide bonds. The van der Waals surface area contributed by atoms with Crippen LogP contribution in [-0.4, -0.2) is 51.9 Å². The third-order valence-corrected chi connectivity index (χ3v) is 7.73. The highest BCUT2D eigenvalue weighted by atomic mass is 35.5. The van der Waals surface area contributed by atoms with Crippen LogP contribution in [0.15, 0.2) is 77.7 Å². The third-order valence-electron chi connectivity index (χ3n) is 5.70. The second kappa shape index (κ2) is 12.1. The quantitative estimate of drug-likeness (QED) is 0.416. The number of halogens is 2. The van der Waals surface area contributed by atoms with E-state index in [1.807, 2.05) is 0 Å². The third kappa shape index (κ3) is 6.78. The van der Waals surface area contributed by atoms with Crippen molar-refractivity contribution in [1.82, 2.24) is 10.2 Å². The van der Waals surface area contributed by atoms with Crippen molar-refractivity contribution in [3.63, 3.8) is 0 Å². The molecule has 0 aliphatic rings. The summed E-state index contributed by atoms with van der Waals surface area (Å²) in [4.78, 5) is 27.3. The molecule has 0 saturated carbocycles. The van der Waals surface area contributed by atoms with Crippen molar-refractivity contribution in [1.29, 1.82) is 0 Å². The van der Waals surface area contributed by atoms with Gasteiger partial charge in [-0.05, 0) is 67.1 Å². The molecule has 0 saturated heterocycles.